The molecule has 10 nitrogen and oxygen atoms in total. The lowest BCUT2D eigenvalue weighted by Gasteiger charge is -2.42. The number of carbonyl (C=O) groups is 1. The first kappa shape index (κ1) is 22.0. The van der Waals surface area contributed by atoms with Gasteiger partial charge in [-0.05, 0) is 18.1 Å². The minimum Gasteiger partial charge on any atom is -0.394 e. The van der Waals surface area contributed by atoms with Crippen LogP contribution in [-0.2, 0) is 13.1 Å². The van der Waals surface area contributed by atoms with Crippen molar-refractivity contribution in [3.05, 3.63) is 54.0 Å². The van der Waals surface area contributed by atoms with Crippen LogP contribution in [0.4, 0.5) is 36.7 Å². The fourth-order valence-corrected chi connectivity index (χ4v) is 4.40. The molecule has 0 saturated carbocycles. The third kappa shape index (κ3) is 4.23. The molecule has 0 spiro atoms. The quantitative estimate of drug-likeness (QED) is 0.487. The monoisotopic (exact) mass is 470 g/mol. The molecule has 0 bridgehead atoms. The smallest absolute Gasteiger partial charge is 0.326 e. The van der Waals surface area contributed by atoms with E-state index in [0.717, 1.165) is 16.2 Å². The van der Waals surface area contributed by atoms with Crippen molar-refractivity contribution < 1.29 is 18.7 Å². The Morgan fingerprint density at radius 1 is 1.26 bits per heavy atom. The number of aliphatic hydroxyl groups is 1. The highest BCUT2D eigenvalue weighted by Gasteiger charge is 2.39. The normalized spacial score (nSPS) is 17.4. The first-order valence-corrected chi connectivity index (χ1v) is 11.0. The molecule has 2 amide bonds. The molecule has 34 heavy (non-hydrogen) atoms. The van der Waals surface area contributed by atoms with Gasteiger partial charge in [0.25, 0.3) is 6.43 Å². The number of nitrogens with one attached hydrogen (secondary N) is 2. The maximum absolute atomic E-state index is 13.5. The van der Waals surface area contributed by atoms with E-state index in [9.17, 15) is 13.6 Å². The number of urea groups is 1. The Balaban J connectivity index is 1.45. The van der Waals surface area contributed by atoms with Crippen LogP contribution in [0.1, 0.15) is 23.6 Å². The molecule has 0 saturated heterocycles. The van der Waals surface area contributed by atoms with E-state index in [1.54, 1.807) is 22.0 Å². The van der Waals surface area contributed by atoms with E-state index in [4.69, 9.17) is 5.11 Å². The van der Waals surface area contributed by atoms with Crippen LogP contribution in [0.5, 0.6) is 0 Å². The number of carbonyl (C=O) groups excluding carboxylic acids is 1. The number of benzene rings is 1. The number of hydrogen-bond donors (Lipinski definition) is 3. The van der Waals surface area contributed by atoms with Gasteiger partial charge in [0.05, 0.1) is 44.2 Å². The summed E-state index contributed by atoms with van der Waals surface area (Å²) in [5.74, 6) is 0.332. The number of hydrogen-bond acceptors (Lipinski definition) is 7. The summed E-state index contributed by atoms with van der Waals surface area (Å²) in [5, 5.41) is 19.4. The number of para-hydroxylation sites is 1. The zero-order valence-electron chi connectivity index (χ0n) is 18.2. The molecule has 2 aliphatic heterocycles. The van der Waals surface area contributed by atoms with Gasteiger partial charge in [0.15, 0.2) is 0 Å². The maximum atomic E-state index is 13.5. The molecule has 4 heterocycles. The van der Waals surface area contributed by atoms with E-state index in [0.29, 0.717) is 30.8 Å². The molecule has 3 N–H and O–H groups in total. The maximum Gasteiger partial charge on any atom is 0.326 e. The SMILES string of the molecule is O=C1N(CC(F)F)c2nc(Nc3cnn(CCO)c3)ncc2CN1[C@H]1CCNc2ccccc21. The number of rotatable bonds is 7. The average molecular weight is 470 g/mol. The third-order valence-electron chi connectivity index (χ3n) is 5.88. The molecule has 0 aliphatic carbocycles. The molecular formula is C22H24F2N8O2. The molecule has 1 atom stereocenters. The fourth-order valence-electron chi connectivity index (χ4n) is 4.40. The van der Waals surface area contributed by atoms with E-state index in [2.05, 4.69) is 25.7 Å². The van der Waals surface area contributed by atoms with Gasteiger partial charge in [0.2, 0.25) is 5.95 Å². The van der Waals surface area contributed by atoms with E-state index in [-0.39, 0.29) is 31.0 Å². The molecule has 0 radical (unpaired) electrons. The summed E-state index contributed by atoms with van der Waals surface area (Å²) < 4.78 is 28.6. The van der Waals surface area contributed by atoms with Crippen molar-refractivity contribution in [2.75, 3.05) is 35.2 Å². The van der Waals surface area contributed by atoms with Gasteiger partial charge >= 0.3 is 6.03 Å². The average Bonchev–Trinajstić information content (AvgIpc) is 3.27. The molecule has 12 heteroatoms. The van der Waals surface area contributed by atoms with Crippen molar-refractivity contribution in [3.8, 4) is 0 Å². The third-order valence-corrected chi connectivity index (χ3v) is 5.88. The number of alkyl halides is 2. The summed E-state index contributed by atoms with van der Waals surface area (Å²) in [7, 11) is 0. The van der Waals surface area contributed by atoms with Crippen molar-refractivity contribution in [1.29, 1.82) is 0 Å². The van der Waals surface area contributed by atoms with Gasteiger partial charge in [-0.3, -0.25) is 9.58 Å². The van der Waals surface area contributed by atoms with Crippen LogP contribution in [0, 0.1) is 0 Å². The predicted molar refractivity (Wildman–Crippen MR) is 121 cm³/mol. The summed E-state index contributed by atoms with van der Waals surface area (Å²) in [6, 6.07) is 6.98. The Kier molecular flexibility index (Phi) is 5.97. The number of halogens is 2. The van der Waals surface area contributed by atoms with Crippen LogP contribution in [0.2, 0.25) is 0 Å². The van der Waals surface area contributed by atoms with Gasteiger partial charge in [-0.25, -0.2) is 18.6 Å². The van der Waals surface area contributed by atoms with Gasteiger partial charge in [-0.2, -0.15) is 10.1 Å². The molecule has 0 fully saturated rings. The fraction of sp³-hybridized carbons (Fsp3) is 0.364. The summed E-state index contributed by atoms with van der Waals surface area (Å²) in [6.07, 6.45) is 2.71. The molecule has 1 aromatic carbocycles. The number of anilines is 4. The first-order chi connectivity index (χ1) is 16.5. The van der Waals surface area contributed by atoms with Crippen LogP contribution in [0.25, 0.3) is 0 Å². The molecule has 2 aromatic heterocycles. The Morgan fingerprint density at radius 2 is 2.12 bits per heavy atom. The second-order valence-corrected chi connectivity index (χ2v) is 8.11. The van der Waals surface area contributed by atoms with E-state index in [1.807, 2.05) is 24.3 Å². The lowest BCUT2D eigenvalue weighted by Crippen LogP contribution is -2.51. The number of fused-ring (bicyclic) bond motifs is 2. The summed E-state index contributed by atoms with van der Waals surface area (Å²) in [6.45, 7) is 0.413. The number of amides is 2. The highest BCUT2D eigenvalue weighted by atomic mass is 19.3. The van der Waals surface area contributed by atoms with Gasteiger partial charge in [0, 0.05) is 30.2 Å². The predicted octanol–water partition coefficient (Wildman–Crippen LogP) is 2.97. The lowest BCUT2D eigenvalue weighted by molar-refractivity contribution is 0.138. The Labute approximate surface area is 194 Å². The molecular weight excluding hydrogens is 446 g/mol. The van der Waals surface area contributed by atoms with Gasteiger partial charge in [0.1, 0.15) is 5.82 Å². The van der Waals surface area contributed by atoms with E-state index < -0.39 is 19.0 Å². The highest BCUT2D eigenvalue weighted by molar-refractivity contribution is 5.94. The second kappa shape index (κ2) is 9.21. The van der Waals surface area contributed by atoms with Gasteiger partial charge in [-0.15, -0.1) is 0 Å². The van der Waals surface area contributed by atoms with Gasteiger partial charge in [-0.1, -0.05) is 18.2 Å². The number of aromatic nitrogens is 4. The van der Waals surface area contributed by atoms with Crippen LogP contribution < -0.4 is 15.5 Å². The molecule has 3 aromatic rings. The van der Waals surface area contributed by atoms with Crippen LogP contribution >= 0.6 is 0 Å². The van der Waals surface area contributed by atoms with Crippen LogP contribution in [0.3, 0.4) is 0 Å². The van der Waals surface area contributed by atoms with E-state index in [1.165, 1.54) is 6.20 Å². The summed E-state index contributed by atoms with van der Waals surface area (Å²) in [5.41, 5.74) is 3.07. The zero-order chi connectivity index (χ0) is 23.7. The molecule has 178 valence electrons. The second-order valence-electron chi connectivity index (χ2n) is 8.11. The lowest BCUT2D eigenvalue weighted by atomic mass is 9.95. The van der Waals surface area contributed by atoms with Crippen LogP contribution in [-0.4, -0.2) is 61.9 Å². The van der Waals surface area contributed by atoms with Crippen molar-refractivity contribution in [2.45, 2.75) is 32.0 Å². The summed E-state index contributed by atoms with van der Waals surface area (Å²) >= 11 is 0. The topological polar surface area (TPSA) is 111 Å². The Morgan fingerprint density at radius 3 is 2.94 bits per heavy atom. The molecule has 0 unspecified atom stereocenters. The highest BCUT2D eigenvalue weighted by Crippen LogP contribution is 2.39. The largest absolute Gasteiger partial charge is 0.394 e. The molecule has 2 aliphatic rings. The molecule has 5 rings (SSSR count). The Bertz CT molecular complexity index is 1190. The van der Waals surface area contributed by atoms with Crippen LogP contribution in [0.15, 0.2) is 42.9 Å². The standard InChI is InChI=1S/C22H24F2N8O2/c23-19(24)13-32-20-14(9-26-21(29-20)28-15-10-27-30(12-15)7-8-33)11-31(22(32)34)18-5-6-25-17-4-2-1-3-16(17)18/h1-4,9-10,12,18-19,25,33H,5-8,11,13H2,(H,26,28,29)/t18-/m0/s1. The van der Waals surface area contributed by atoms with Crippen molar-refractivity contribution >= 4 is 29.2 Å². The van der Waals surface area contributed by atoms with Crippen molar-refractivity contribution in [1.82, 2.24) is 24.6 Å². The van der Waals surface area contributed by atoms with E-state index >= 15 is 0 Å². The van der Waals surface area contributed by atoms with Gasteiger partial charge < -0.3 is 20.6 Å². The Hall–Kier alpha value is -3.80. The number of aliphatic hydroxyl groups excluding tert-OH is 1. The number of nitrogens with zero attached hydrogens (tertiary/aromatic N) is 6. The zero-order valence-corrected chi connectivity index (χ0v) is 18.2. The minimum absolute atomic E-state index is 0.0564. The van der Waals surface area contributed by atoms with Crippen molar-refractivity contribution in [3.63, 3.8) is 0 Å². The van der Waals surface area contributed by atoms with Crippen molar-refractivity contribution in [2.24, 2.45) is 0 Å². The summed E-state index contributed by atoms with van der Waals surface area (Å²) in [4.78, 5) is 24.8. The first-order valence-electron chi connectivity index (χ1n) is 11.0. The minimum atomic E-state index is -2.72.